The van der Waals surface area contributed by atoms with Crippen LogP contribution in [0, 0.1) is 123 Å². The largest absolute Gasteiger partial charge is 0.287 e. The molecule has 300 valence electrons. The fraction of sp³-hybridized carbons (Fsp3) is 0.0909. The van der Waals surface area contributed by atoms with Crippen molar-refractivity contribution in [1.29, 1.82) is 0 Å². The van der Waals surface area contributed by atoms with Crippen LogP contribution < -0.4 is 26.0 Å². The number of halogens is 20. The molecule has 0 aliphatic heterocycles. The van der Waals surface area contributed by atoms with Crippen LogP contribution in [0.2, 0.25) is 0 Å². The smallest absolute Gasteiger partial charge is 0.200 e. The highest BCUT2D eigenvalue weighted by molar-refractivity contribution is 7.91. The lowest BCUT2D eigenvalue weighted by atomic mass is 9.12. The third-order valence-electron chi connectivity index (χ3n) is 7.96. The fourth-order valence-electron chi connectivity index (χ4n) is 5.73. The minimum Gasteiger partial charge on any atom is -0.287 e. The first kappa shape index (κ1) is 43.6. The van der Waals surface area contributed by atoms with Crippen molar-refractivity contribution in [2.75, 3.05) is 12.5 Å². The Morgan fingerprint density at radius 1 is 0.357 bits per heavy atom. The fourth-order valence-corrected chi connectivity index (χ4v) is 6.22. The standard InChI is InChI=1S/C24BF20.C9H13OS/c26-5-1(6(27)14(35)21(42)13(5)34)25(2-7(28)15(36)22(43)16(37)8(2)29,3-9(30)17(38)23(44)18(39)10(3)31)4-11(32)19(40)24(45)20(41)12(4)33;1-8-5-4-6-9(7-8)10-11(2)3/h;4-7H,1-3H3/q-1;+1. The van der Waals surface area contributed by atoms with Crippen molar-refractivity contribution < 1.29 is 92.0 Å². The predicted octanol–water partition coefficient (Wildman–Crippen LogP) is 8.01. The van der Waals surface area contributed by atoms with Gasteiger partial charge in [0.1, 0.15) is 65.2 Å². The molecule has 5 rings (SSSR count). The van der Waals surface area contributed by atoms with Gasteiger partial charge in [0.25, 0.3) is 0 Å². The van der Waals surface area contributed by atoms with E-state index in [1.807, 2.05) is 18.2 Å². The van der Waals surface area contributed by atoms with E-state index in [1.165, 1.54) is 5.56 Å². The Kier molecular flexibility index (Phi) is 12.3. The van der Waals surface area contributed by atoms with Crippen molar-refractivity contribution in [3.8, 4) is 5.75 Å². The van der Waals surface area contributed by atoms with E-state index in [2.05, 4.69) is 25.5 Å². The van der Waals surface area contributed by atoms with Crippen LogP contribution in [-0.4, -0.2) is 18.7 Å². The van der Waals surface area contributed by atoms with E-state index < -0.39 is 144 Å². The molecule has 0 N–H and O–H groups in total. The Morgan fingerprint density at radius 2 is 0.571 bits per heavy atom. The van der Waals surface area contributed by atoms with Crippen LogP contribution in [0.1, 0.15) is 5.56 Å². The minimum absolute atomic E-state index is 0.0252. The lowest BCUT2D eigenvalue weighted by Gasteiger charge is -2.44. The predicted molar refractivity (Wildman–Crippen MR) is 160 cm³/mol. The van der Waals surface area contributed by atoms with Crippen LogP contribution in [-0.2, 0) is 11.2 Å². The second kappa shape index (κ2) is 15.8. The molecular weight excluding hydrogens is 835 g/mol. The summed E-state index contributed by atoms with van der Waals surface area (Å²) in [4.78, 5) is 0. The second-order valence-corrected chi connectivity index (χ2v) is 13.1. The maximum absolute atomic E-state index is 15.4. The summed E-state index contributed by atoms with van der Waals surface area (Å²) >= 11 is 0.0252. The van der Waals surface area contributed by atoms with Gasteiger partial charge in [-0.1, -0.05) is 12.1 Å². The average molecular weight is 848 g/mol. The molecule has 23 heteroatoms. The third-order valence-corrected chi connectivity index (χ3v) is 8.49. The van der Waals surface area contributed by atoms with E-state index in [-0.39, 0.29) is 11.2 Å². The number of benzene rings is 5. The summed E-state index contributed by atoms with van der Waals surface area (Å²) in [5.74, 6) is -70.4. The highest BCUT2D eigenvalue weighted by atomic mass is 32.2. The molecule has 0 aliphatic carbocycles. The Morgan fingerprint density at radius 3 is 0.768 bits per heavy atom. The van der Waals surface area contributed by atoms with Crippen molar-refractivity contribution in [2.45, 2.75) is 6.92 Å². The number of rotatable bonds is 6. The summed E-state index contributed by atoms with van der Waals surface area (Å²) in [5.41, 5.74) is -13.1. The lowest BCUT2D eigenvalue weighted by molar-refractivity contribution is 0.378. The number of hydrogen-bond donors (Lipinski definition) is 0. The first-order valence-electron chi connectivity index (χ1n) is 14.4. The SMILES string of the molecule is Cc1cccc(O[S+](C)C)c1.Fc1c(F)c(F)c([B-](c2c(F)c(F)c(F)c(F)c2F)(c2c(F)c(F)c(F)c(F)c2F)c2c(F)c(F)c(F)c(F)c2F)c(F)c1F. The molecule has 0 unspecified atom stereocenters. The van der Waals surface area contributed by atoms with Crippen LogP contribution in [0.25, 0.3) is 0 Å². The molecule has 1 nitrogen and oxygen atoms in total. The first-order chi connectivity index (χ1) is 25.9. The van der Waals surface area contributed by atoms with Gasteiger partial charge in [0.15, 0.2) is 86.7 Å². The van der Waals surface area contributed by atoms with Crippen LogP contribution >= 0.6 is 0 Å². The van der Waals surface area contributed by atoms with E-state index in [0.29, 0.717) is 0 Å². The van der Waals surface area contributed by atoms with Gasteiger partial charge in [0.2, 0.25) is 0 Å². The van der Waals surface area contributed by atoms with Gasteiger partial charge in [0.05, 0.1) is 0 Å². The molecule has 0 bridgehead atoms. The summed E-state index contributed by atoms with van der Waals surface area (Å²) in [6, 6.07) is 8.11. The molecule has 0 aromatic heterocycles. The topological polar surface area (TPSA) is 9.23 Å². The Balaban J connectivity index is 0.000000544. The molecular formula is C33H13BF20OS. The molecule has 5 aromatic rings. The quantitative estimate of drug-likeness (QED) is 0.0554. The molecule has 0 saturated heterocycles. The monoisotopic (exact) mass is 848 g/mol. The highest BCUT2D eigenvalue weighted by Crippen LogP contribution is 2.30. The maximum atomic E-state index is 15.4. The van der Waals surface area contributed by atoms with Crippen molar-refractivity contribution >= 4 is 39.2 Å². The van der Waals surface area contributed by atoms with E-state index >= 15 is 35.1 Å². The van der Waals surface area contributed by atoms with Crippen LogP contribution in [0.15, 0.2) is 24.3 Å². The van der Waals surface area contributed by atoms with Crippen LogP contribution in [0.4, 0.5) is 87.8 Å². The first-order valence-corrected chi connectivity index (χ1v) is 16.4. The highest BCUT2D eigenvalue weighted by Gasteiger charge is 2.52. The second-order valence-electron chi connectivity index (χ2n) is 11.4. The maximum Gasteiger partial charge on any atom is 0.200 e. The Hall–Kier alpha value is -5.09. The molecule has 0 heterocycles. The Bertz CT molecular complexity index is 2020. The van der Waals surface area contributed by atoms with Gasteiger partial charge in [0, 0.05) is 0 Å². The number of hydrogen-bond acceptors (Lipinski definition) is 1. The summed E-state index contributed by atoms with van der Waals surface area (Å²) in [5, 5.41) is 0. The molecule has 56 heavy (non-hydrogen) atoms. The van der Waals surface area contributed by atoms with Crippen molar-refractivity contribution in [3.63, 3.8) is 0 Å². The van der Waals surface area contributed by atoms with Gasteiger partial charge in [-0.3, -0.25) is 4.18 Å². The van der Waals surface area contributed by atoms with Crippen molar-refractivity contribution in [3.05, 3.63) is 146 Å². The summed E-state index contributed by atoms with van der Waals surface area (Å²) < 4.78 is 299. The summed E-state index contributed by atoms with van der Waals surface area (Å²) in [7, 11) is 0. The van der Waals surface area contributed by atoms with Gasteiger partial charge in [-0.15, -0.1) is 21.9 Å². The normalized spacial score (nSPS) is 11.6. The average Bonchev–Trinajstić information content (AvgIpc) is 3.14. The molecule has 0 amide bonds. The molecule has 0 radical (unpaired) electrons. The van der Waals surface area contributed by atoms with E-state index in [9.17, 15) is 52.7 Å². The minimum atomic E-state index is -7.22. The van der Waals surface area contributed by atoms with E-state index in [1.54, 1.807) is 0 Å². The zero-order valence-corrected chi connectivity index (χ0v) is 28.1. The zero-order chi connectivity index (χ0) is 42.6. The summed E-state index contributed by atoms with van der Waals surface area (Å²) in [6.45, 7) is 2.07. The summed E-state index contributed by atoms with van der Waals surface area (Å²) in [6.07, 6.45) is -3.10. The van der Waals surface area contributed by atoms with E-state index in [0.717, 1.165) is 5.75 Å². The van der Waals surface area contributed by atoms with Gasteiger partial charge in [-0.05, 0) is 24.6 Å². The molecule has 0 aliphatic rings. The number of aryl methyl sites for hydroxylation is 1. The van der Waals surface area contributed by atoms with Gasteiger partial charge >= 0.3 is 0 Å². The molecule has 0 spiro atoms. The zero-order valence-electron chi connectivity index (χ0n) is 27.3. The van der Waals surface area contributed by atoms with Gasteiger partial charge in [-0.25, -0.2) is 87.8 Å². The Labute approximate surface area is 302 Å². The lowest BCUT2D eigenvalue weighted by Crippen LogP contribution is -2.81. The molecule has 0 fully saturated rings. The third kappa shape index (κ3) is 6.76. The molecule has 0 atom stereocenters. The van der Waals surface area contributed by atoms with Crippen molar-refractivity contribution in [1.82, 2.24) is 0 Å². The van der Waals surface area contributed by atoms with Crippen molar-refractivity contribution in [2.24, 2.45) is 0 Å². The molecule has 5 aromatic carbocycles. The van der Waals surface area contributed by atoms with E-state index in [4.69, 9.17) is 4.18 Å². The molecule has 0 saturated carbocycles. The van der Waals surface area contributed by atoms with Gasteiger partial charge < -0.3 is 0 Å². The van der Waals surface area contributed by atoms with Crippen LogP contribution in [0.5, 0.6) is 5.75 Å². The van der Waals surface area contributed by atoms with Crippen LogP contribution in [0.3, 0.4) is 0 Å². The van der Waals surface area contributed by atoms with Gasteiger partial charge in [-0.2, -0.15) is 0 Å².